The Kier molecular flexibility index (Phi) is 6.73. The van der Waals surface area contributed by atoms with E-state index < -0.39 is 0 Å². The van der Waals surface area contributed by atoms with Gasteiger partial charge in [0.15, 0.2) is 0 Å². The normalized spacial score (nSPS) is 16.1. The summed E-state index contributed by atoms with van der Waals surface area (Å²) in [6.07, 6.45) is 6.80. The summed E-state index contributed by atoms with van der Waals surface area (Å²) >= 11 is 1.39. The zero-order valence-electron chi connectivity index (χ0n) is 8.19. The summed E-state index contributed by atoms with van der Waals surface area (Å²) in [4.78, 5) is 13.4. The van der Waals surface area contributed by atoms with E-state index in [1.165, 1.54) is 19.4 Å². The summed E-state index contributed by atoms with van der Waals surface area (Å²) in [6.45, 7) is 4.66. The van der Waals surface area contributed by atoms with Gasteiger partial charge in [0.1, 0.15) is 0 Å². The van der Waals surface area contributed by atoms with Gasteiger partial charge in [-0.2, -0.15) is 0 Å². The van der Waals surface area contributed by atoms with Gasteiger partial charge in [0.05, 0.1) is 0 Å². The van der Waals surface area contributed by atoms with Crippen LogP contribution in [-0.4, -0.2) is 27.8 Å². The van der Waals surface area contributed by atoms with Crippen LogP contribution in [0.4, 0.5) is 0 Å². The molecule has 1 amide bonds. The zero-order valence-corrected chi connectivity index (χ0v) is 14.1. The smallest absolute Gasteiger partial charge is 0 e. The van der Waals surface area contributed by atoms with Crippen LogP contribution in [0, 0.1) is 6.08 Å². The van der Waals surface area contributed by atoms with Crippen LogP contribution in [0.25, 0.3) is 0 Å². The molecule has 0 aromatic rings. The molecule has 0 radical (unpaired) electrons. The van der Waals surface area contributed by atoms with Gasteiger partial charge in [0.25, 0.3) is 0 Å². The van der Waals surface area contributed by atoms with Gasteiger partial charge >= 0.3 is 89.6 Å². The van der Waals surface area contributed by atoms with Gasteiger partial charge in [-0.1, -0.05) is 0 Å². The number of nitrogens with zero attached hydrogens (tertiary/aromatic N) is 1. The van der Waals surface area contributed by atoms with Crippen molar-refractivity contribution in [1.82, 2.24) is 4.90 Å². The minimum Gasteiger partial charge on any atom is 0 e. The van der Waals surface area contributed by atoms with E-state index >= 15 is 0 Å². The van der Waals surface area contributed by atoms with Crippen LogP contribution >= 0.6 is 0 Å². The van der Waals surface area contributed by atoms with Crippen molar-refractivity contribution in [3.8, 4) is 0 Å². The molecule has 0 aromatic heterocycles. The van der Waals surface area contributed by atoms with E-state index in [9.17, 15) is 4.79 Å². The number of carbonyl (C=O) groups excluding carboxylic acids is 1. The number of carbonyl (C=O) groups is 1. The topological polar surface area (TPSA) is 20.3 Å². The van der Waals surface area contributed by atoms with Crippen molar-refractivity contribution in [2.45, 2.75) is 19.9 Å². The van der Waals surface area contributed by atoms with Gasteiger partial charge < -0.3 is 0 Å². The molecule has 1 aliphatic heterocycles. The van der Waals surface area contributed by atoms with Crippen LogP contribution in [-0.2, 0) is 45.2 Å². The Balaban J connectivity index is 0.00000169. The maximum absolute atomic E-state index is 11.6. The molecule has 0 aliphatic carbocycles. The second-order valence-electron chi connectivity index (χ2n) is 3.11. The van der Waals surface area contributed by atoms with E-state index in [1.54, 1.807) is 0 Å². The molecular formula is C10H12NOW2-. The van der Waals surface area contributed by atoms with Crippen molar-refractivity contribution in [3.63, 3.8) is 0 Å². The maximum Gasteiger partial charge on any atom is 0 e. The number of rotatable bonds is 3. The summed E-state index contributed by atoms with van der Waals surface area (Å²) in [6, 6.07) is 0.266. The zero-order chi connectivity index (χ0) is 9.84. The molecule has 0 saturated carbocycles. The molecule has 14 heavy (non-hydrogen) atoms. The van der Waals surface area contributed by atoms with Crippen LogP contribution in [0.1, 0.15) is 13.8 Å². The summed E-state index contributed by atoms with van der Waals surface area (Å²) in [5.41, 5.74) is 0.700. The average molecular weight is 530 g/mol. The van der Waals surface area contributed by atoms with Crippen LogP contribution in [0.3, 0.4) is 0 Å². The van der Waals surface area contributed by atoms with Gasteiger partial charge in [-0.3, -0.25) is 0 Å². The predicted octanol–water partition coefficient (Wildman–Crippen LogP) is 0.869. The van der Waals surface area contributed by atoms with E-state index in [0.29, 0.717) is 12.1 Å². The molecule has 1 heterocycles. The molecule has 2 nitrogen and oxygen atoms in total. The standard InChI is InChI=1S/C10H12NO.2W/c1-4-5-9-6-7-11(8(2)3)10(9)12;;/h1,4-5,8H,7H2,2-3H3;;/q-1;;/b5-4-;;. The fraction of sp³-hybridized carbons (Fsp3) is 0.400. The van der Waals surface area contributed by atoms with Gasteiger partial charge in [0, 0.05) is 21.1 Å². The molecule has 76 valence electrons. The quantitative estimate of drug-likeness (QED) is 0.497. The predicted molar refractivity (Wildman–Crippen MR) is 48.8 cm³/mol. The van der Waals surface area contributed by atoms with Gasteiger partial charge in [-0.05, 0) is 0 Å². The molecule has 0 spiro atoms. The minimum absolute atomic E-state index is 0. The molecule has 0 N–H and O–H groups in total. The summed E-state index contributed by atoms with van der Waals surface area (Å²) in [5, 5.41) is 0. The van der Waals surface area contributed by atoms with Gasteiger partial charge in [0.2, 0.25) is 0 Å². The third-order valence-corrected chi connectivity index (χ3v) is 2.46. The molecule has 0 bridgehead atoms. The first kappa shape index (κ1) is 14.2. The number of hydrogen-bond donors (Lipinski definition) is 0. The molecule has 0 aromatic carbocycles. The molecule has 0 atom stereocenters. The van der Waals surface area contributed by atoms with Crippen LogP contribution in [0.2, 0.25) is 0 Å². The van der Waals surface area contributed by atoms with E-state index in [-0.39, 0.29) is 33.0 Å². The van der Waals surface area contributed by atoms with Crippen molar-refractivity contribution in [3.05, 3.63) is 23.8 Å². The second kappa shape index (κ2) is 6.64. The van der Waals surface area contributed by atoms with Crippen molar-refractivity contribution < 1.29 is 45.2 Å². The molecule has 1 aliphatic rings. The fourth-order valence-electron chi connectivity index (χ4n) is 1.16. The monoisotopic (exact) mass is 530 g/mol. The van der Waals surface area contributed by atoms with E-state index in [1.807, 2.05) is 35.3 Å². The molecule has 4 heteroatoms. The number of amides is 1. The SMILES string of the molecule is CC(C)N1C[C-]=C(/C=C\[CH]=[W])C1=O.[W]. The Hall–Kier alpha value is 0.197. The van der Waals surface area contributed by atoms with Crippen molar-refractivity contribution >= 4 is 10.3 Å². The molecule has 0 saturated heterocycles. The Morgan fingerprint density at radius 1 is 1.57 bits per heavy atom. The van der Waals surface area contributed by atoms with Gasteiger partial charge in [-0.25, -0.2) is 0 Å². The first-order chi connectivity index (χ1) is 6.16. The minimum atomic E-state index is 0. The van der Waals surface area contributed by atoms with Crippen molar-refractivity contribution in [2.75, 3.05) is 6.54 Å². The Morgan fingerprint density at radius 2 is 2.21 bits per heavy atom. The third kappa shape index (κ3) is 3.40. The summed E-state index contributed by atoms with van der Waals surface area (Å²) < 4.78 is 1.99. The summed E-state index contributed by atoms with van der Waals surface area (Å²) in [7, 11) is 0. The van der Waals surface area contributed by atoms with Crippen LogP contribution in [0.15, 0.2) is 17.7 Å². The average Bonchev–Trinajstić information content (AvgIpc) is 2.43. The Labute approximate surface area is 110 Å². The molecule has 0 unspecified atom stereocenters. The van der Waals surface area contributed by atoms with Crippen LogP contribution in [0.5, 0.6) is 0 Å². The van der Waals surface area contributed by atoms with Crippen molar-refractivity contribution in [1.29, 1.82) is 0 Å². The van der Waals surface area contributed by atoms with E-state index in [4.69, 9.17) is 0 Å². The maximum atomic E-state index is 11.6. The third-order valence-electron chi connectivity index (χ3n) is 1.90. The Morgan fingerprint density at radius 3 is 2.64 bits per heavy atom. The molecule has 0 fully saturated rings. The van der Waals surface area contributed by atoms with Crippen molar-refractivity contribution in [2.24, 2.45) is 0 Å². The fourth-order valence-corrected chi connectivity index (χ4v) is 1.44. The van der Waals surface area contributed by atoms with E-state index in [2.05, 4.69) is 6.08 Å². The molecular weight excluding hydrogens is 518 g/mol. The summed E-state index contributed by atoms with van der Waals surface area (Å²) in [5.74, 6) is 0.100. The number of hydrogen-bond acceptors (Lipinski definition) is 1. The second-order valence-corrected chi connectivity index (χ2v) is 4.09. The van der Waals surface area contributed by atoms with E-state index in [0.717, 1.165) is 0 Å². The number of allylic oxidation sites excluding steroid dienone is 1. The first-order valence-electron chi connectivity index (χ1n) is 4.20. The Bertz CT molecular complexity index is 282. The van der Waals surface area contributed by atoms with Crippen LogP contribution < -0.4 is 0 Å². The largest absolute Gasteiger partial charge is 0 e. The molecule has 1 rings (SSSR count). The van der Waals surface area contributed by atoms with Gasteiger partial charge in [-0.15, -0.1) is 0 Å². The first-order valence-corrected chi connectivity index (χ1v) is 5.90.